The third-order valence-electron chi connectivity index (χ3n) is 9.81. The number of nitrogens with zero attached hydrogens (tertiary/aromatic N) is 6. The van der Waals surface area contributed by atoms with E-state index in [1.54, 1.807) is 6.33 Å². The number of aryl methyl sites for hydroxylation is 1. The first-order chi connectivity index (χ1) is 27.4. The van der Waals surface area contributed by atoms with E-state index in [2.05, 4.69) is 149 Å². The maximum absolute atomic E-state index is 5.59. The zero-order valence-electron chi connectivity index (χ0n) is 32.5. The molecule has 9 aromatic rings. The fourth-order valence-corrected chi connectivity index (χ4v) is 7.18. The molecule has 6 aromatic carbocycles. The first kappa shape index (κ1) is 39.0. The minimum absolute atomic E-state index is 0. The largest absolute Gasteiger partial charge is 0.488 e. The van der Waals surface area contributed by atoms with Crippen molar-refractivity contribution in [3.63, 3.8) is 0 Å². The molecule has 0 spiro atoms. The van der Waals surface area contributed by atoms with Crippen molar-refractivity contribution in [3.05, 3.63) is 181 Å². The summed E-state index contributed by atoms with van der Waals surface area (Å²) in [6, 6.07) is 52.0. The normalized spacial score (nSPS) is 11.1. The average molecular weight is 923 g/mol. The van der Waals surface area contributed by atoms with Gasteiger partial charge in [0, 0.05) is 61.8 Å². The number of benzene rings is 6. The molecule has 0 fully saturated rings. The molecule has 9 rings (SSSR count). The Labute approximate surface area is 347 Å². The van der Waals surface area contributed by atoms with Crippen LogP contribution in [0, 0.1) is 19.1 Å². The molecule has 7 nitrogen and oxygen atoms in total. The van der Waals surface area contributed by atoms with Crippen LogP contribution < -0.4 is 0 Å². The van der Waals surface area contributed by atoms with Crippen molar-refractivity contribution in [3.8, 4) is 56.4 Å². The van der Waals surface area contributed by atoms with E-state index >= 15 is 0 Å². The van der Waals surface area contributed by atoms with Crippen LogP contribution in [0.4, 0.5) is 0 Å². The molecular formula is C49H42IrN6O-2. The quantitative estimate of drug-likeness (QED) is 0.142. The van der Waals surface area contributed by atoms with Crippen LogP contribution >= 0.6 is 0 Å². The summed E-state index contributed by atoms with van der Waals surface area (Å²) in [5.74, 6) is 3.13. The number of para-hydroxylation sites is 2. The molecule has 285 valence electrons. The summed E-state index contributed by atoms with van der Waals surface area (Å²) < 4.78 is 9.70. The molecule has 0 atom stereocenters. The van der Waals surface area contributed by atoms with Crippen LogP contribution in [0.5, 0.6) is 0 Å². The number of rotatable bonds is 8. The molecule has 0 bridgehead atoms. The van der Waals surface area contributed by atoms with Crippen LogP contribution in [-0.2, 0) is 20.1 Å². The molecule has 0 saturated heterocycles. The molecule has 0 aliphatic heterocycles. The van der Waals surface area contributed by atoms with Gasteiger partial charge in [0.1, 0.15) is 6.33 Å². The van der Waals surface area contributed by atoms with E-state index in [0.717, 1.165) is 61.8 Å². The molecule has 1 radical (unpaired) electrons. The fourth-order valence-electron chi connectivity index (χ4n) is 7.18. The Balaban J connectivity index is 0.000000172. The average Bonchev–Trinajstić information content (AvgIpc) is 4.01. The number of aromatic nitrogens is 6. The summed E-state index contributed by atoms with van der Waals surface area (Å²) in [7, 11) is 0. The minimum Gasteiger partial charge on any atom is -0.488 e. The smallest absolute Gasteiger partial charge is 0.180 e. The fraction of sp³-hybridized carbons (Fsp3) is 0.143. The van der Waals surface area contributed by atoms with Crippen molar-refractivity contribution in [2.75, 3.05) is 0 Å². The molecule has 0 N–H and O–H groups in total. The Morgan fingerprint density at radius 3 is 1.88 bits per heavy atom. The van der Waals surface area contributed by atoms with Crippen molar-refractivity contribution >= 4 is 11.1 Å². The summed E-state index contributed by atoms with van der Waals surface area (Å²) in [5.41, 5.74) is 12.8. The van der Waals surface area contributed by atoms with E-state index in [-0.39, 0.29) is 20.1 Å². The SMILES string of the molecule is Cc1nc2cc(-c3nccn3-c3c(C(C)C)cccc3C(C)C)[c-]cc2o1.[Ir].[c-]1ccccc1-c1ncnn1-c1c(-c2ccccc2)cccc1-c1ccccc1. The number of fused-ring (bicyclic) bond motifs is 1. The van der Waals surface area contributed by atoms with Gasteiger partial charge in [-0.05, 0) is 34.1 Å². The number of imidazole rings is 1. The molecule has 3 aromatic heterocycles. The number of oxazole rings is 1. The van der Waals surface area contributed by atoms with Crippen LogP contribution in [0.15, 0.2) is 157 Å². The first-order valence-electron chi connectivity index (χ1n) is 18.9. The Kier molecular flexibility index (Phi) is 11.8. The van der Waals surface area contributed by atoms with Gasteiger partial charge in [-0.3, -0.25) is 14.6 Å². The van der Waals surface area contributed by atoms with Gasteiger partial charge >= 0.3 is 0 Å². The third-order valence-corrected chi connectivity index (χ3v) is 9.81. The first-order valence-corrected chi connectivity index (χ1v) is 18.9. The Morgan fingerprint density at radius 1 is 0.632 bits per heavy atom. The van der Waals surface area contributed by atoms with Gasteiger partial charge in [0.15, 0.2) is 5.89 Å². The van der Waals surface area contributed by atoms with E-state index in [0.29, 0.717) is 17.7 Å². The molecule has 0 aliphatic rings. The predicted octanol–water partition coefficient (Wildman–Crippen LogP) is 12.1. The second-order valence-corrected chi connectivity index (χ2v) is 14.2. The van der Waals surface area contributed by atoms with E-state index < -0.39 is 0 Å². The van der Waals surface area contributed by atoms with Crippen LogP contribution in [0.1, 0.15) is 56.5 Å². The summed E-state index contributed by atoms with van der Waals surface area (Å²) >= 11 is 0. The van der Waals surface area contributed by atoms with E-state index in [9.17, 15) is 0 Å². The van der Waals surface area contributed by atoms with Crippen LogP contribution in [0.25, 0.3) is 67.5 Å². The van der Waals surface area contributed by atoms with Crippen molar-refractivity contribution in [1.82, 2.24) is 29.3 Å². The monoisotopic (exact) mass is 923 g/mol. The molecule has 0 saturated carbocycles. The zero-order valence-corrected chi connectivity index (χ0v) is 34.9. The number of hydrogen-bond acceptors (Lipinski definition) is 5. The summed E-state index contributed by atoms with van der Waals surface area (Å²) in [6.45, 7) is 10.8. The van der Waals surface area contributed by atoms with Gasteiger partial charge in [-0.2, -0.15) is 5.10 Å². The summed E-state index contributed by atoms with van der Waals surface area (Å²) in [5, 5.41) is 4.62. The second-order valence-electron chi connectivity index (χ2n) is 14.2. The van der Waals surface area contributed by atoms with Gasteiger partial charge in [-0.15, -0.1) is 59.7 Å². The standard InChI is InChI=1S/C26H18N3.C23H24N3O.Ir/c1-4-11-20(12-5-1)23-17-10-18-24(21-13-6-2-7-14-21)25(23)29-26(27-19-28-29)22-15-8-3-9-16-22;1-14(2)18-7-6-8-19(15(3)4)22(18)26-12-11-24-23(26)17-9-10-21-20(13-17)25-16(5)27-21;/h1-15,17-19H;6-8,10-15H,1-5H3;/q2*-1;. The molecule has 0 aliphatic carbocycles. The van der Waals surface area contributed by atoms with Gasteiger partial charge in [0.05, 0.1) is 22.9 Å². The van der Waals surface area contributed by atoms with Crippen molar-refractivity contribution < 1.29 is 24.5 Å². The number of hydrogen-bond donors (Lipinski definition) is 0. The van der Waals surface area contributed by atoms with Gasteiger partial charge in [-0.1, -0.05) is 125 Å². The maximum Gasteiger partial charge on any atom is 0.180 e. The van der Waals surface area contributed by atoms with Gasteiger partial charge < -0.3 is 8.98 Å². The van der Waals surface area contributed by atoms with Gasteiger partial charge in [0.2, 0.25) is 0 Å². The zero-order chi connectivity index (χ0) is 38.6. The molecule has 0 amide bonds. The van der Waals surface area contributed by atoms with Crippen molar-refractivity contribution in [2.24, 2.45) is 0 Å². The van der Waals surface area contributed by atoms with Crippen LogP contribution in [0.2, 0.25) is 0 Å². The molecular weight excluding hydrogens is 881 g/mol. The molecule has 8 heteroatoms. The predicted molar refractivity (Wildman–Crippen MR) is 225 cm³/mol. The summed E-state index contributed by atoms with van der Waals surface area (Å²) in [6.07, 6.45) is 5.49. The Bertz CT molecular complexity index is 2630. The van der Waals surface area contributed by atoms with Crippen molar-refractivity contribution in [2.45, 2.75) is 46.5 Å². The van der Waals surface area contributed by atoms with Crippen LogP contribution in [-0.4, -0.2) is 29.3 Å². The van der Waals surface area contributed by atoms with E-state index in [4.69, 9.17) is 4.42 Å². The van der Waals surface area contributed by atoms with Crippen molar-refractivity contribution in [1.29, 1.82) is 0 Å². The molecule has 3 heterocycles. The van der Waals surface area contributed by atoms with E-state index in [1.165, 1.54) is 16.8 Å². The molecule has 0 unspecified atom stereocenters. The van der Waals surface area contributed by atoms with Crippen LogP contribution in [0.3, 0.4) is 0 Å². The third kappa shape index (κ3) is 8.06. The molecule has 57 heavy (non-hydrogen) atoms. The Morgan fingerprint density at radius 2 is 1.26 bits per heavy atom. The Hall–Kier alpha value is -6.21. The maximum atomic E-state index is 5.59. The minimum atomic E-state index is 0. The van der Waals surface area contributed by atoms with E-state index in [1.807, 2.05) is 72.5 Å². The summed E-state index contributed by atoms with van der Waals surface area (Å²) in [4.78, 5) is 13.7. The van der Waals surface area contributed by atoms with Gasteiger partial charge in [-0.25, -0.2) is 4.98 Å². The second kappa shape index (κ2) is 17.3. The van der Waals surface area contributed by atoms with Gasteiger partial charge in [0.25, 0.3) is 0 Å². The topological polar surface area (TPSA) is 74.6 Å².